The maximum atomic E-state index is 14.4. The third-order valence-electron chi connectivity index (χ3n) is 7.38. The molecular formula is C35H40N2O7. The summed E-state index contributed by atoms with van der Waals surface area (Å²) in [4.78, 5) is 55.8. The quantitative estimate of drug-likeness (QED) is 0.163. The average Bonchev–Trinajstić information content (AvgIpc) is 3.80. The first-order valence-corrected chi connectivity index (χ1v) is 14.6. The summed E-state index contributed by atoms with van der Waals surface area (Å²) < 4.78 is 17.0. The molecule has 3 amide bonds. The molecule has 1 aliphatic rings. The van der Waals surface area contributed by atoms with Gasteiger partial charge in [0.2, 0.25) is 0 Å². The van der Waals surface area contributed by atoms with E-state index in [1.807, 2.05) is 26.0 Å². The highest BCUT2D eigenvalue weighted by molar-refractivity contribution is 6.07. The van der Waals surface area contributed by atoms with Crippen LogP contribution in [0, 0.1) is 33.6 Å². The number of carbonyl (C=O) groups excluding carboxylic acids is 4. The number of ether oxygens (including phenoxy) is 3. The lowest BCUT2D eigenvalue weighted by Gasteiger charge is -2.42. The third-order valence-corrected chi connectivity index (χ3v) is 7.38. The predicted molar refractivity (Wildman–Crippen MR) is 165 cm³/mol. The van der Waals surface area contributed by atoms with E-state index in [0.717, 1.165) is 21.7 Å². The van der Waals surface area contributed by atoms with Crippen LogP contribution in [0.2, 0.25) is 0 Å². The number of hydrogen-bond acceptors (Lipinski definition) is 7. The van der Waals surface area contributed by atoms with Crippen LogP contribution in [0.25, 0.3) is 0 Å². The number of hydrazine groups is 1. The van der Waals surface area contributed by atoms with E-state index in [4.69, 9.17) is 14.2 Å². The monoisotopic (exact) mass is 600 g/mol. The van der Waals surface area contributed by atoms with Gasteiger partial charge in [0.15, 0.2) is 0 Å². The van der Waals surface area contributed by atoms with Gasteiger partial charge in [-0.05, 0) is 91.1 Å². The van der Waals surface area contributed by atoms with Crippen molar-refractivity contribution in [2.45, 2.75) is 73.1 Å². The molecule has 0 bridgehead atoms. The maximum Gasteiger partial charge on any atom is 0.439 e. The van der Waals surface area contributed by atoms with Crippen LogP contribution in [0.5, 0.6) is 5.75 Å². The standard InChI is InChI=1S/C35H40N2O7/c1-21-18-22(2)20-26(19-21)30(38)37(35(5,6)7)36(31(39)28-14-11-15-29(42-8)24(28)4)34(41)44-33(43-32(40)25-16-17-25)27-13-10-9-12-23(27)3/h9-15,18-20,25,33H,16-17H2,1-8H3. The molecule has 9 heteroatoms. The normalized spacial score (nSPS) is 13.5. The van der Waals surface area contributed by atoms with Crippen LogP contribution in [0.1, 0.15) is 88.4 Å². The number of hydrogen-bond donors (Lipinski definition) is 0. The zero-order valence-electron chi connectivity index (χ0n) is 26.6. The SMILES string of the molecule is COc1cccc(C(=O)N(C(=O)OC(OC(=O)C2CC2)c2ccccc2C)N(C(=O)c2cc(C)cc(C)c2)C(C)(C)C)c1C. The first-order chi connectivity index (χ1) is 20.7. The van der Waals surface area contributed by atoms with Gasteiger partial charge in [0.1, 0.15) is 5.75 Å². The van der Waals surface area contributed by atoms with Gasteiger partial charge in [-0.25, -0.2) is 9.80 Å². The summed E-state index contributed by atoms with van der Waals surface area (Å²) in [7, 11) is 1.48. The van der Waals surface area contributed by atoms with E-state index >= 15 is 0 Å². The van der Waals surface area contributed by atoms with Crippen molar-refractivity contribution < 1.29 is 33.4 Å². The summed E-state index contributed by atoms with van der Waals surface area (Å²) in [6.07, 6.45) is -1.25. The summed E-state index contributed by atoms with van der Waals surface area (Å²) in [6, 6.07) is 17.2. The highest BCUT2D eigenvalue weighted by Gasteiger charge is 2.43. The number of amides is 3. The minimum absolute atomic E-state index is 0.131. The highest BCUT2D eigenvalue weighted by Crippen LogP contribution is 2.34. The minimum atomic E-state index is -1.45. The van der Waals surface area contributed by atoms with Crippen molar-refractivity contribution >= 4 is 23.9 Å². The minimum Gasteiger partial charge on any atom is -0.496 e. The summed E-state index contributed by atoms with van der Waals surface area (Å²) in [5.41, 5.74) is 2.67. The van der Waals surface area contributed by atoms with Crippen molar-refractivity contribution in [3.8, 4) is 5.75 Å². The summed E-state index contributed by atoms with van der Waals surface area (Å²) in [5.74, 6) is -1.72. The fourth-order valence-corrected chi connectivity index (χ4v) is 5.02. The molecule has 0 aliphatic heterocycles. The first kappa shape index (κ1) is 32.3. The van der Waals surface area contributed by atoms with Crippen LogP contribution in [0.15, 0.2) is 60.7 Å². The van der Waals surface area contributed by atoms with Crippen molar-refractivity contribution in [3.05, 3.63) is 99.6 Å². The van der Waals surface area contributed by atoms with Crippen LogP contribution in [-0.2, 0) is 14.3 Å². The van der Waals surface area contributed by atoms with E-state index in [-0.39, 0.29) is 11.5 Å². The van der Waals surface area contributed by atoms with Gasteiger partial charge >= 0.3 is 12.1 Å². The molecule has 1 fully saturated rings. The molecule has 1 saturated carbocycles. The summed E-state index contributed by atoms with van der Waals surface area (Å²) >= 11 is 0. The molecule has 0 radical (unpaired) electrons. The van der Waals surface area contributed by atoms with E-state index < -0.39 is 35.7 Å². The Kier molecular flexibility index (Phi) is 9.47. The topological polar surface area (TPSA) is 102 Å². The Hall–Kier alpha value is -4.66. The zero-order valence-corrected chi connectivity index (χ0v) is 26.6. The van der Waals surface area contributed by atoms with Gasteiger partial charge in [0.25, 0.3) is 18.1 Å². The van der Waals surface area contributed by atoms with Crippen molar-refractivity contribution in [2.75, 3.05) is 7.11 Å². The molecule has 0 spiro atoms. The molecule has 4 rings (SSSR count). The fourth-order valence-electron chi connectivity index (χ4n) is 5.02. The van der Waals surface area contributed by atoms with E-state index in [0.29, 0.717) is 40.3 Å². The van der Waals surface area contributed by atoms with Crippen molar-refractivity contribution in [3.63, 3.8) is 0 Å². The van der Waals surface area contributed by atoms with E-state index in [1.165, 1.54) is 7.11 Å². The van der Waals surface area contributed by atoms with E-state index in [9.17, 15) is 19.2 Å². The predicted octanol–water partition coefficient (Wildman–Crippen LogP) is 7.02. The summed E-state index contributed by atoms with van der Waals surface area (Å²) in [5, 5.41) is 1.81. The number of aryl methyl sites for hydroxylation is 3. The number of benzene rings is 3. The second kappa shape index (κ2) is 12.9. The number of rotatable bonds is 7. The third kappa shape index (κ3) is 7.10. The fraction of sp³-hybridized carbons (Fsp3) is 0.371. The van der Waals surface area contributed by atoms with Crippen molar-refractivity contribution in [2.24, 2.45) is 5.92 Å². The Morgan fingerprint density at radius 1 is 0.818 bits per heavy atom. The van der Waals surface area contributed by atoms with Gasteiger partial charge in [-0.15, -0.1) is 5.01 Å². The van der Waals surface area contributed by atoms with Crippen LogP contribution in [-0.4, -0.2) is 46.5 Å². The molecule has 44 heavy (non-hydrogen) atoms. The van der Waals surface area contributed by atoms with E-state index in [2.05, 4.69) is 0 Å². The Labute approximate surface area is 258 Å². The van der Waals surface area contributed by atoms with Gasteiger partial charge in [-0.1, -0.05) is 47.5 Å². The van der Waals surface area contributed by atoms with Gasteiger partial charge < -0.3 is 14.2 Å². The lowest BCUT2D eigenvalue weighted by molar-refractivity contribution is -0.174. The molecule has 0 N–H and O–H groups in total. The lowest BCUT2D eigenvalue weighted by Crippen LogP contribution is -2.60. The number of methoxy groups -OCH3 is 1. The smallest absolute Gasteiger partial charge is 0.439 e. The Balaban J connectivity index is 1.85. The molecule has 0 aromatic heterocycles. The Morgan fingerprint density at radius 2 is 1.45 bits per heavy atom. The van der Waals surface area contributed by atoms with Crippen LogP contribution in [0.4, 0.5) is 4.79 Å². The van der Waals surface area contributed by atoms with Crippen LogP contribution < -0.4 is 4.74 Å². The second-order valence-electron chi connectivity index (χ2n) is 12.2. The molecule has 0 saturated heterocycles. The van der Waals surface area contributed by atoms with Gasteiger partial charge in [-0.2, -0.15) is 0 Å². The Morgan fingerprint density at radius 3 is 2.02 bits per heavy atom. The van der Waals surface area contributed by atoms with Gasteiger partial charge in [0, 0.05) is 22.3 Å². The first-order valence-electron chi connectivity index (χ1n) is 14.6. The molecule has 3 aromatic rings. The number of imide groups is 1. The Bertz CT molecular complexity index is 1570. The maximum absolute atomic E-state index is 14.4. The van der Waals surface area contributed by atoms with Gasteiger partial charge in [-0.3, -0.25) is 14.4 Å². The zero-order chi connectivity index (χ0) is 32.3. The van der Waals surface area contributed by atoms with Gasteiger partial charge in [0.05, 0.1) is 18.6 Å². The van der Waals surface area contributed by atoms with E-state index in [1.54, 1.807) is 83.1 Å². The molecule has 1 unspecified atom stereocenters. The molecule has 0 heterocycles. The second-order valence-corrected chi connectivity index (χ2v) is 12.2. The summed E-state index contributed by atoms with van der Waals surface area (Å²) in [6.45, 7) is 12.4. The average molecular weight is 601 g/mol. The lowest BCUT2D eigenvalue weighted by atomic mass is 10.0. The number of carbonyl (C=O) groups is 4. The molecule has 3 aromatic carbocycles. The molecular weight excluding hydrogens is 560 g/mol. The molecule has 1 atom stereocenters. The molecule has 232 valence electrons. The molecule has 1 aliphatic carbocycles. The number of nitrogens with zero attached hydrogens (tertiary/aromatic N) is 2. The van der Waals surface area contributed by atoms with Crippen molar-refractivity contribution in [1.82, 2.24) is 10.0 Å². The number of esters is 1. The molecule has 9 nitrogen and oxygen atoms in total. The van der Waals surface area contributed by atoms with Crippen LogP contribution in [0.3, 0.4) is 0 Å². The highest BCUT2D eigenvalue weighted by atomic mass is 16.7. The van der Waals surface area contributed by atoms with Crippen LogP contribution >= 0.6 is 0 Å². The largest absolute Gasteiger partial charge is 0.496 e. The van der Waals surface area contributed by atoms with Crippen molar-refractivity contribution in [1.29, 1.82) is 0 Å².